The molecule has 0 spiro atoms. The second-order valence-electron chi connectivity index (χ2n) is 2.99. The average Bonchev–Trinajstić information content (AvgIpc) is 2.03. The van der Waals surface area contributed by atoms with Crippen molar-refractivity contribution in [3.8, 4) is 12.3 Å². The number of carbonyl (C=O) groups is 2. The smallest absolute Gasteiger partial charge is 0.325 e. The summed E-state index contributed by atoms with van der Waals surface area (Å²) in [5.41, 5.74) is 0. The van der Waals surface area contributed by atoms with Crippen LogP contribution >= 0.6 is 0 Å². The molecule has 0 aromatic rings. The lowest BCUT2D eigenvalue weighted by atomic mass is 10.2. The maximum Gasteiger partial charge on any atom is 0.325 e. The maximum absolute atomic E-state index is 11.1. The van der Waals surface area contributed by atoms with Crippen molar-refractivity contribution in [1.29, 1.82) is 0 Å². The summed E-state index contributed by atoms with van der Waals surface area (Å²) in [5, 5.41) is 13.3. The van der Waals surface area contributed by atoms with Crippen molar-refractivity contribution in [3.05, 3.63) is 0 Å². The van der Waals surface area contributed by atoms with Gasteiger partial charge in [0.05, 0.1) is 0 Å². The van der Waals surface area contributed by atoms with Gasteiger partial charge in [-0.1, -0.05) is 0 Å². The van der Waals surface area contributed by atoms with E-state index in [-0.39, 0.29) is 6.04 Å². The molecular weight excluding hydrogens is 184 g/mol. The van der Waals surface area contributed by atoms with E-state index in [2.05, 4.69) is 16.6 Å². The molecule has 3 N–H and O–H groups in total. The number of hydrogen-bond acceptors (Lipinski definition) is 2. The molecule has 78 valence electrons. The maximum atomic E-state index is 11.1. The van der Waals surface area contributed by atoms with Crippen LogP contribution in [0.15, 0.2) is 0 Å². The summed E-state index contributed by atoms with van der Waals surface area (Å²) < 4.78 is 0. The zero-order valence-electron chi connectivity index (χ0n) is 8.20. The van der Waals surface area contributed by atoms with Gasteiger partial charge in [0, 0.05) is 12.5 Å². The highest BCUT2D eigenvalue weighted by molar-refractivity contribution is 5.82. The van der Waals surface area contributed by atoms with Gasteiger partial charge in [0.1, 0.15) is 6.04 Å². The SMILES string of the molecule is C#CCC(C)NC(=O)N[C@@H](C)C(=O)O. The van der Waals surface area contributed by atoms with Crippen molar-refractivity contribution in [2.75, 3.05) is 0 Å². The Kier molecular flexibility index (Phi) is 5.15. The number of urea groups is 1. The third-order valence-corrected chi connectivity index (χ3v) is 1.52. The van der Waals surface area contributed by atoms with E-state index in [1.807, 2.05) is 0 Å². The largest absolute Gasteiger partial charge is 0.480 e. The van der Waals surface area contributed by atoms with E-state index in [1.165, 1.54) is 6.92 Å². The van der Waals surface area contributed by atoms with Crippen molar-refractivity contribution in [3.63, 3.8) is 0 Å². The monoisotopic (exact) mass is 198 g/mol. The zero-order chi connectivity index (χ0) is 11.1. The van der Waals surface area contributed by atoms with Crippen molar-refractivity contribution < 1.29 is 14.7 Å². The Bertz CT molecular complexity index is 257. The van der Waals surface area contributed by atoms with E-state index in [4.69, 9.17) is 11.5 Å². The minimum atomic E-state index is -1.08. The fraction of sp³-hybridized carbons (Fsp3) is 0.556. The van der Waals surface area contributed by atoms with E-state index >= 15 is 0 Å². The molecule has 0 radical (unpaired) electrons. The molecule has 0 aromatic carbocycles. The van der Waals surface area contributed by atoms with E-state index in [0.29, 0.717) is 6.42 Å². The first-order valence-electron chi connectivity index (χ1n) is 4.20. The van der Waals surface area contributed by atoms with Gasteiger partial charge >= 0.3 is 12.0 Å². The summed E-state index contributed by atoms with van der Waals surface area (Å²) in [6.45, 7) is 3.12. The predicted octanol–water partition coefficient (Wildman–Crippen LogP) is 0.170. The first kappa shape index (κ1) is 12.3. The number of carbonyl (C=O) groups excluding carboxylic acids is 1. The molecule has 5 heteroatoms. The molecule has 0 fully saturated rings. The Labute approximate surface area is 82.9 Å². The minimum Gasteiger partial charge on any atom is -0.480 e. The van der Waals surface area contributed by atoms with Crippen molar-refractivity contribution >= 4 is 12.0 Å². The van der Waals surface area contributed by atoms with Crippen LogP contribution in [0.4, 0.5) is 4.79 Å². The lowest BCUT2D eigenvalue weighted by Gasteiger charge is -2.14. The molecule has 0 saturated heterocycles. The van der Waals surface area contributed by atoms with Gasteiger partial charge in [0.15, 0.2) is 0 Å². The molecule has 0 aliphatic rings. The van der Waals surface area contributed by atoms with Gasteiger partial charge < -0.3 is 15.7 Å². The Morgan fingerprint density at radius 2 is 2.00 bits per heavy atom. The molecule has 2 atom stereocenters. The molecule has 0 saturated carbocycles. The lowest BCUT2D eigenvalue weighted by Crippen LogP contribution is -2.47. The first-order valence-corrected chi connectivity index (χ1v) is 4.20. The number of nitrogens with one attached hydrogen (secondary N) is 2. The van der Waals surface area contributed by atoms with Gasteiger partial charge in [0.2, 0.25) is 0 Å². The molecule has 0 heterocycles. The van der Waals surface area contributed by atoms with Crippen LogP contribution in [0.3, 0.4) is 0 Å². The highest BCUT2D eigenvalue weighted by atomic mass is 16.4. The Hall–Kier alpha value is -1.70. The van der Waals surface area contributed by atoms with Crippen molar-refractivity contribution in [2.24, 2.45) is 0 Å². The standard InChI is InChI=1S/C9H14N2O3/c1-4-5-6(2)10-9(14)11-7(3)8(12)13/h1,6-7H,5H2,2-3H3,(H,12,13)(H2,10,11,14)/t6?,7-/m0/s1. The topological polar surface area (TPSA) is 78.4 Å². The molecule has 0 aliphatic heterocycles. The first-order chi connectivity index (χ1) is 6.47. The number of hydrogen-bond donors (Lipinski definition) is 3. The van der Waals surface area contributed by atoms with E-state index in [0.717, 1.165) is 0 Å². The molecule has 0 aromatic heterocycles. The van der Waals surface area contributed by atoms with Gasteiger partial charge in [-0.3, -0.25) is 4.79 Å². The minimum absolute atomic E-state index is 0.166. The number of aliphatic carboxylic acids is 1. The Morgan fingerprint density at radius 3 is 2.43 bits per heavy atom. The van der Waals surface area contributed by atoms with E-state index in [9.17, 15) is 9.59 Å². The number of amides is 2. The van der Waals surface area contributed by atoms with Crippen LogP contribution in [-0.2, 0) is 4.79 Å². The molecular formula is C9H14N2O3. The number of carboxylic acids is 1. The van der Waals surface area contributed by atoms with Gasteiger partial charge in [-0.05, 0) is 13.8 Å². The summed E-state index contributed by atoms with van der Waals surface area (Å²) in [7, 11) is 0. The summed E-state index contributed by atoms with van der Waals surface area (Å²) in [5.74, 6) is 1.31. The second-order valence-corrected chi connectivity index (χ2v) is 2.99. The van der Waals surface area contributed by atoms with Crippen LogP contribution in [0.1, 0.15) is 20.3 Å². The normalized spacial score (nSPS) is 13.5. The number of rotatable bonds is 4. The molecule has 0 bridgehead atoms. The fourth-order valence-electron chi connectivity index (χ4n) is 0.752. The molecule has 0 rings (SSSR count). The van der Waals surface area contributed by atoms with Gasteiger partial charge in [-0.25, -0.2) is 4.79 Å². The molecule has 2 amide bonds. The Morgan fingerprint density at radius 1 is 1.43 bits per heavy atom. The zero-order valence-corrected chi connectivity index (χ0v) is 8.20. The summed E-state index contributed by atoms with van der Waals surface area (Å²) in [6, 6.07) is -1.60. The van der Waals surface area contributed by atoms with Crippen molar-refractivity contribution in [2.45, 2.75) is 32.4 Å². The van der Waals surface area contributed by atoms with Gasteiger partial charge in [0.25, 0.3) is 0 Å². The molecule has 5 nitrogen and oxygen atoms in total. The van der Waals surface area contributed by atoms with Crippen LogP contribution in [0, 0.1) is 12.3 Å². The average molecular weight is 198 g/mol. The summed E-state index contributed by atoms with van der Waals surface area (Å²) >= 11 is 0. The highest BCUT2D eigenvalue weighted by Gasteiger charge is 2.14. The molecule has 1 unspecified atom stereocenters. The lowest BCUT2D eigenvalue weighted by molar-refractivity contribution is -0.138. The number of terminal acetylenes is 1. The fourth-order valence-corrected chi connectivity index (χ4v) is 0.752. The van der Waals surface area contributed by atoms with Crippen LogP contribution in [0.2, 0.25) is 0 Å². The Balaban J connectivity index is 3.87. The summed E-state index contributed by atoms with van der Waals surface area (Å²) in [4.78, 5) is 21.5. The van der Waals surface area contributed by atoms with Crippen molar-refractivity contribution in [1.82, 2.24) is 10.6 Å². The predicted molar refractivity (Wildman–Crippen MR) is 51.7 cm³/mol. The third-order valence-electron chi connectivity index (χ3n) is 1.52. The highest BCUT2D eigenvalue weighted by Crippen LogP contribution is 1.88. The van der Waals surface area contributed by atoms with E-state index < -0.39 is 18.0 Å². The quantitative estimate of drug-likeness (QED) is 0.563. The van der Waals surface area contributed by atoms with Crippen LogP contribution in [0.5, 0.6) is 0 Å². The summed E-state index contributed by atoms with van der Waals surface area (Å²) in [6.07, 6.45) is 5.45. The molecule has 14 heavy (non-hydrogen) atoms. The van der Waals surface area contributed by atoms with Crippen LogP contribution in [-0.4, -0.2) is 29.2 Å². The van der Waals surface area contributed by atoms with E-state index in [1.54, 1.807) is 6.92 Å². The second kappa shape index (κ2) is 5.86. The van der Waals surface area contributed by atoms with Gasteiger partial charge in [-0.2, -0.15) is 0 Å². The van der Waals surface area contributed by atoms with Crippen LogP contribution in [0.25, 0.3) is 0 Å². The number of carboxylic acid groups (broad SMARTS) is 1. The van der Waals surface area contributed by atoms with Crippen LogP contribution < -0.4 is 10.6 Å². The molecule has 0 aliphatic carbocycles. The third kappa shape index (κ3) is 5.04. The van der Waals surface area contributed by atoms with Gasteiger partial charge in [-0.15, -0.1) is 12.3 Å².